The Balaban J connectivity index is 2.87. The Hall–Kier alpha value is -2.55. The van der Waals surface area contributed by atoms with Gasteiger partial charge in [0.15, 0.2) is 11.3 Å². The molecule has 74 valence electrons. The summed E-state index contributed by atoms with van der Waals surface area (Å²) in [5.41, 5.74) is -0.242. The number of non-ortho nitro benzene ring substituents is 1. The van der Waals surface area contributed by atoms with Gasteiger partial charge in [0.25, 0.3) is 5.69 Å². The Labute approximate surface area is 83.1 Å². The molecule has 0 aliphatic rings. The number of furan rings is 1. The van der Waals surface area contributed by atoms with Gasteiger partial charge in [0.1, 0.15) is 11.5 Å². The Kier molecular flexibility index (Phi) is 1.80. The van der Waals surface area contributed by atoms with Crippen LogP contribution in [0.3, 0.4) is 0 Å². The Morgan fingerprint density at radius 2 is 2.27 bits per heavy atom. The molecule has 0 radical (unpaired) electrons. The van der Waals surface area contributed by atoms with Crippen molar-refractivity contribution in [3.8, 4) is 11.8 Å². The van der Waals surface area contributed by atoms with Gasteiger partial charge in [0.2, 0.25) is 5.76 Å². The molecule has 2 rings (SSSR count). The molecule has 0 atom stereocenters. The highest BCUT2D eigenvalue weighted by Gasteiger charge is 2.18. The molecule has 0 saturated heterocycles. The molecule has 0 aliphatic heterocycles. The van der Waals surface area contributed by atoms with Crippen LogP contribution in [0.15, 0.2) is 22.6 Å². The zero-order valence-electron chi connectivity index (χ0n) is 7.30. The zero-order chi connectivity index (χ0) is 11.0. The lowest BCUT2D eigenvalue weighted by molar-refractivity contribution is -0.383. The number of phenolic OH excluding ortho intramolecular Hbond substituents is 1. The first-order valence-corrected chi connectivity index (χ1v) is 3.93. The smallest absolute Gasteiger partial charge is 0.280 e. The van der Waals surface area contributed by atoms with Gasteiger partial charge in [-0.2, -0.15) is 5.26 Å². The Morgan fingerprint density at radius 3 is 2.87 bits per heavy atom. The number of hydrogen-bond acceptors (Lipinski definition) is 5. The number of nitriles is 1. The van der Waals surface area contributed by atoms with Crippen LogP contribution < -0.4 is 0 Å². The van der Waals surface area contributed by atoms with E-state index in [-0.39, 0.29) is 28.2 Å². The molecule has 0 saturated carbocycles. The second-order valence-corrected chi connectivity index (χ2v) is 2.83. The molecule has 0 fully saturated rings. The van der Waals surface area contributed by atoms with Crippen molar-refractivity contribution in [2.45, 2.75) is 0 Å². The second kappa shape index (κ2) is 2.99. The fraction of sp³-hybridized carbons (Fsp3) is 0. The number of phenols is 1. The third-order valence-electron chi connectivity index (χ3n) is 1.95. The average molecular weight is 204 g/mol. The summed E-state index contributed by atoms with van der Waals surface area (Å²) < 4.78 is 4.92. The number of nitrogens with zero attached hydrogens (tertiary/aromatic N) is 2. The quantitative estimate of drug-likeness (QED) is 0.564. The van der Waals surface area contributed by atoms with Crippen LogP contribution in [-0.4, -0.2) is 10.0 Å². The van der Waals surface area contributed by atoms with Crippen molar-refractivity contribution in [3.05, 3.63) is 34.1 Å². The van der Waals surface area contributed by atoms with Crippen molar-refractivity contribution in [1.29, 1.82) is 5.26 Å². The molecule has 0 unspecified atom stereocenters. The highest BCUT2D eigenvalue weighted by Crippen LogP contribution is 2.34. The molecule has 1 N–H and O–H groups in total. The van der Waals surface area contributed by atoms with Gasteiger partial charge in [-0.3, -0.25) is 10.1 Å². The minimum atomic E-state index is -0.599. The lowest BCUT2D eigenvalue weighted by Crippen LogP contribution is -1.87. The summed E-state index contributed by atoms with van der Waals surface area (Å²) >= 11 is 0. The van der Waals surface area contributed by atoms with E-state index < -0.39 is 4.92 Å². The zero-order valence-corrected chi connectivity index (χ0v) is 7.30. The molecule has 0 amide bonds. The van der Waals surface area contributed by atoms with Crippen LogP contribution in [0.5, 0.6) is 5.75 Å². The maximum Gasteiger partial charge on any atom is 0.280 e. The predicted octanol–water partition coefficient (Wildman–Crippen LogP) is 1.92. The van der Waals surface area contributed by atoms with Crippen molar-refractivity contribution >= 4 is 16.7 Å². The monoisotopic (exact) mass is 204 g/mol. The van der Waals surface area contributed by atoms with Crippen LogP contribution in [0.2, 0.25) is 0 Å². The van der Waals surface area contributed by atoms with E-state index in [1.54, 1.807) is 6.07 Å². The van der Waals surface area contributed by atoms with Crippen LogP contribution in [0.4, 0.5) is 5.69 Å². The summed E-state index contributed by atoms with van der Waals surface area (Å²) in [4.78, 5) is 10.0. The van der Waals surface area contributed by atoms with E-state index >= 15 is 0 Å². The van der Waals surface area contributed by atoms with Crippen LogP contribution in [0.25, 0.3) is 11.0 Å². The molecule has 0 aliphatic carbocycles. The van der Waals surface area contributed by atoms with Gasteiger partial charge in [0.05, 0.1) is 4.92 Å². The standard InChI is InChI=1S/C9H4N2O4/c10-4-5-3-6-7(11(13)14)1-2-8(12)9(6)15-5/h1-3,12H. The molecule has 1 aromatic heterocycles. The molecule has 6 heteroatoms. The number of fused-ring (bicyclic) bond motifs is 1. The van der Waals surface area contributed by atoms with Crippen molar-refractivity contribution in [3.63, 3.8) is 0 Å². The number of aromatic hydroxyl groups is 1. The molecule has 15 heavy (non-hydrogen) atoms. The molecule has 0 spiro atoms. The number of nitro groups is 1. The van der Waals surface area contributed by atoms with E-state index in [0.717, 1.165) is 12.1 Å². The minimum absolute atomic E-state index is 0.0410. The van der Waals surface area contributed by atoms with Gasteiger partial charge in [0, 0.05) is 12.1 Å². The number of hydrogen-bond donors (Lipinski definition) is 1. The van der Waals surface area contributed by atoms with E-state index in [2.05, 4.69) is 0 Å². The van der Waals surface area contributed by atoms with Crippen molar-refractivity contribution in [2.75, 3.05) is 0 Å². The normalized spacial score (nSPS) is 10.1. The lowest BCUT2D eigenvalue weighted by Gasteiger charge is -1.94. The summed E-state index contributed by atoms with van der Waals surface area (Å²) in [5.74, 6) is -0.299. The van der Waals surface area contributed by atoms with Gasteiger partial charge < -0.3 is 9.52 Å². The first-order valence-electron chi connectivity index (χ1n) is 3.93. The molecule has 1 aromatic carbocycles. The fourth-order valence-electron chi connectivity index (χ4n) is 1.31. The number of nitro benzene ring substituents is 1. The summed E-state index contributed by atoms with van der Waals surface area (Å²) in [6.45, 7) is 0. The third kappa shape index (κ3) is 1.26. The molecular formula is C9H4N2O4. The first-order chi connectivity index (χ1) is 7.13. The van der Waals surface area contributed by atoms with E-state index in [4.69, 9.17) is 9.68 Å². The molecule has 2 aromatic rings. The Morgan fingerprint density at radius 1 is 1.53 bits per heavy atom. The summed E-state index contributed by atoms with van der Waals surface area (Å²) in [6, 6.07) is 5.26. The molecule has 6 nitrogen and oxygen atoms in total. The topological polar surface area (TPSA) is 100 Å². The molecular weight excluding hydrogens is 200 g/mol. The van der Waals surface area contributed by atoms with E-state index in [0.29, 0.717) is 0 Å². The summed E-state index contributed by atoms with van der Waals surface area (Å²) in [7, 11) is 0. The molecule has 0 bridgehead atoms. The van der Waals surface area contributed by atoms with Gasteiger partial charge in [-0.25, -0.2) is 0 Å². The SMILES string of the molecule is N#Cc1cc2c([N+](=O)[O-])ccc(O)c2o1. The van der Waals surface area contributed by atoms with Crippen molar-refractivity contribution in [1.82, 2.24) is 0 Å². The van der Waals surface area contributed by atoms with Gasteiger partial charge in [-0.05, 0) is 6.07 Å². The lowest BCUT2D eigenvalue weighted by atomic mass is 10.2. The van der Waals surface area contributed by atoms with Crippen LogP contribution in [0.1, 0.15) is 5.76 Å². The molecule has 1 heterocycles. The van der Waals surface area contributed by atoms with Crippen molar-refractivity contribution < 1.29 is 14.4 Å². The van der Waals surface area contributed by atoms with E-state index in [1.165, 1.54) is 6.07 Å². The highest BCUT2D eigenvalue weighted by molar-refractivity contribution is 5.92. The van der Waals surface area contributed by atoms with Gasteiger partial charge >= 0.3 is 0 Å². The maximum atomic E-state index is 10.6. The largest absolute Gasteiger partial charge is 0.504 e. The second-order valence-electron chi connectivity index (χ2n) is 2.83. The fourth-order valence-corrected chi connectivity index (χ4v) is 1.31. The predicted molar refractivity (Wildman–Crippen MR) is 49.2 cm³/mol. The van der Waals surface area contributed by atoms with Crippen LogP contribution in [-0.2, 0) is 0 Å². The maximum absolute atomic E-state index is 10.6. The van der Waals surface area contributed by atoms with E-state index in [9.17, 15) is 15.2 Å². The first kappa shape index (κ1) is 9.02. The third-order valence-corrected chi connectivity index (χ3v) is 1.95. The van der Waals surface area contributed by atoms with Crippen LogP contribution in [0, 0.1) is 21.4 Å². The Bertz CT molecular complexity index is 594. The van der Waals surface area contributed by atoms with Gasteiger partial charge in [-0.15, -0.1) is 0 Å². The highest BCUT2D eigenvalue weighted by atomic mass is 16.6. The van der Waals surface area contributed by atoms with Gasteiger partial charge in [-0.1, -0.05) is 0 Å². The van der Waals surface area contributed by atoms with Crippen LogP contribution >= 0.6 is 0 Å². The van der Waals surface area contributed by atoms with E-state index in [1.807, 2.05) is 0 Å². The summed E-state index contributed by atoms with van der Waals surface area (Å²) in [6.07, 6.45) is 0. The minimum Gasteiger partial charge on any atom is -0.504 e. The summed E-state index contributed by atoms with van der Waals surface area (Å²) in [5, 5.41) is 28.7. The van der Waals surface area contributed by atoms with Crippen molar-refractivity contribution in [2.24, 2.45) is 0 Å². The average Bonchev–Trinajstić information content (AvgIpc) is 2.62. The number of rotatable bonds is 1. The number of benzene rings is 1.